The molecule has 0 amide bonds. The van der Waals surface area contributed by atoms with Crippen molar-refractivity contribution in [1.29, 1.82) is 0 Å². The van der Waals surface area contributed by atoms with Crippen molar-refractivity contribution in [3.63, 3.8) is 0 Å². The van der Waals surface area contributed by atoms with Gasteiger partial charge in [-0.2, -0.15) is 13.2 Å². The number of hydrogen-bond donors (Lipinski definition) is 2. The Morgan fingerprint density at radius 3 is 2.56 bits per heavy atom. The molecule has 3 rings (SSSR count). The summed E-state index contributed by atoms with van der Waals surface area (Å²) in [5, 5.41) is 6.88. The lowest BCUT2D eigenvalue weighted by Crippen LogP contribution is -2.34. The van der Waals surface area contributed by atoms with Crippen LogP contribution in [0.15, 0.2) is 51.8 Å². The van der Waals surface area contributed by atoms with Gasteiger partial charge < -0.3 is 20.1 Å². The molecule has 0 bridgehead atoms. The standard InChI is InChI=1S/C22H24F3N3O4S.ClH/c1-4-32-20(30)16-12(2)28-15(11-33-21-26-8-9-27-21)18(19(29)31-3)17(16)13-6-5-7-14(10-13)22(23,24)25;/h5-7,10,17,28H,4,8-9,11H2,1-3H3,(H,26,27);1H. The van der Waals surface area contributed by atoms with Crippen LogP contribution in [-0.2, 0) is 25.2 Å². The predicted octanol–water partition coefficient (Wildman–Crippen LogP) is 3.77. The van der Waals surface area contributed by atoms with Gasteiger partial charge >= 0.3 is 18.1 Å². The molecule has 1 aromatic carbocycles. The number of carbonyl (C=O) groups is 2. The molecule has 1 unspecified atom stereocenters. The SMILES string of the molecule is CCOC(=O)C1=C(C)NC(CSC2=NCCN2)=C(C(=O)OC)C1c1cccc(C(F)(F)F)c1.Cl. The Balaban J connectivity index is 0.00000408. The van der Waals surface area contributed by atoms with Crippen LogP contribution >= 0.6 is 24.2 Å². The highest BCUT2D eigenvalue weighted by atomic mass is 35.5. The van der Waals surface area contributed by atoms with Crippen LogP contribution in [0.2, 0.25) is 0 Å². The second kappa shape index (κ2) is 11.7. The molecule has 0 saturated heterocycles. The number of carbonyl (C=O) groups excluding carboxylic acids is 2. The van der Waals surface area contributed by atoms with Gasteiger partial charge in [-0.05, 0) is 25.5 Å². The summed E-state index contributed by atoms with van der Waals surface area (Å²) in [6.45, 7) is 4.65. The van der Waals surface area contributed by atoms with Crippen LogP contribution in [0.1, 0.15) is 30.9 Å². The molecule has 0 radical (unpaired) electrons. The number of aliphatic imine (C=N–C) groups is 1. The van der Waals surface area contributed by atoms with E-state index < -0.39 is 29.6 Å². The van der Waals surface area contributed by atoms with Gasteiger partial charge in [0.1, 0.15) is 0 Å². The van der Waals surface area contributed by atoms with Crippen molar-refractivity contribution in [2.45, 2.75) is 25.9 Å². The van der Waals surface area contributed by atoms with Crippen LogP contribution in [0.3, 0.4) is 0 Å². The monoisotopic (exact) mass is 519 g/mol. The number of methoxy groups -OCH3 is 1. The third kappa shape index (κ3) is 6.06. The van der Waals surface area contributed by atoms with Crippen molar-refractivity contribution in [2.75, 3.05) is 32.6 Å². The second-order valence-electron chi connectivity index (χ2n) is 7.23. The Bertz CT molecular complexity index is 1040. The Morgan fingerprint density at radius 2 is 1.97 bits per heavy atom. The van der Waals surface area contributed by atoms with Crippen LogP contribution in [-0.4, -0.2) is 49.7 Å². The summed E-state index contributed by atoms with van der Waals surface area (Å²) in [7, 11) is 1.18. The number of nitrogens with zero attached hydrogens (tertiary/aromatic N) is 1. The third-order valence-corrected chi connectivity index (χ3v) is 6.07. The summed E-state index contributed by atoms with van der Waals surface area (Å²) in [6.07, 6.45) is -4.59. The molecule has 7 nitrogen and oxygen atoms in total. The molecule has 2 N–H and O–H groups in total. The lowest BCUT2D eigenvalue weighted by molar-refractivity contribution is -0.139. The number of dihydropyridines is 1. The number of esters is 2. The van der Waals surface area contributed by atoms with E-state index >= 15 is 0 Å². The summed E-state index contributed by atoms with van der Waals surface area (Å²) in [5.74, 6) is -2.32. The van der Waals surface area contributed by atoms with Crippen molar-refractivity contribution in [3.05, 3.63) is 57.9 Å². The third-order valence-electron chi connectivity index (χ3n) is 5.09. The molecule has 0 aliphatic carbocycles. The van der Waals surface area contributed by atoms with E-state index in [9.17, 15) is 22.8 Å². The first-order valence-electron chi connectivity index (χ1n) is 10.2. The fraction of sp³-hybridized carbons (Fsp3) is 0.409. The molecule has 0 aromatic heterocycles. The van der Waals surface area contributed by atoms with Gasteiger partial charge in [-0.1, -0.05) is 30.0 Å². The van der Waals surface area contributed by atoms with Crippen LogP contribution in [0.5, 0.6) is 0 Å². The Kier molecular flexibility index (Phi) is 9.45. The van der Waals surface area contributed by atoms with E-state index in [1.54, 1.807) is 13.8 Å². The van der Waals surface area contributed by atoms with Crippen molar-refractivity contribution in [2.24, 2.45) is 4.99 Å². The van der Waals surface area contributed by atoms with Crippen molar-refractivity contribution in [1.82, 2.24) is 10.6 Å². The Hall–Kier alpha value is -2.66. The van der Waals surface area contributed by atoms with E-state index in [0.29, 0.717) is 29.7 Å². The molecule has 0 spiro atoms. The Labute approximate surface area is 205 Å². The summed E-state index contributed by atoms with van der Waals surface area (Å²) < 4.78 is 50.5. The molecule has 2 heterocycles. The number of allylic oxidation sites excluding steroid dienone is 1. The second-order valence-corrected chi connectivity index (χ2v) is 8.19. The quantitative estimate of drug-likeness (QED) is 0.553. The largest absolute Gasteiger partial charge is 0.466 e. The average Bonchev–Trinajstić information content (AvgIpc) is 3.30. The average molecular weight is 520 g/mol. The number of benzene rings is 1. The number of thioether (sulfide) groups is 1. The number of hydrogen-bond acceptors (Lipinski definition) is 8. The van der Waals surface area contributed by atoms with E-state index in [-0.39, 0.29) is 41.5 Å². The van der Waals surface area contributed by atoms with E-state index in [0.717, 1.165) is 12.1 Å². The summed E-state index contributed by atoms with van der Waals surface area (Å²) >= 11 is 1.34. The lowest BCUT2D eigenvalue weighted by atomic mass is 9.80. The maximum Gasteiger partial charge on any atom is 0.416 e. The molecule has 34 heavy (non-hydrogen) atoms. The highest BCUT2D eigenvalue weighted by Gasteiger charge is 2.40. The van der Waals surface area contributed by atoms with Crippen molar-refractivity contribution in [3.8, 4) is 0 Å². The van der Waals surface area contributed by atoms with E-state index in [4.69, 9.17) is 9.47 Å². The molecule has 12 heteroatoms. The molecule has 2 aliphatic rings. The number of ether oxygens (including phenoxy) is 2. The smallest absolute Gasteiger partial charge is 0.416 e. The van der Waals surface area contributed by atoms with Gasteiger partial charge in [0.05, 0.1) is 42.9 Å². The first-order chi connectivity index (χ1) is 15.7. The molecule has 1 aromatic rings. The van der Waals surface area contributed by atoms with E-state index in [1.165, 1.54) is 31.0 Å². The first-order valence-corrected chi connectivity index (χ1v) is 11.2. The minimum atomic E-state index is -4.59. The molecule has 0 fully saturated rings. The number of halogens is 4. The highest BCUT2D eigenvalue weighted by Crippen LogP contribution is 2.41. The van der Waals surface area contributed by atoms with Crippen molar-refractivity contribution >= 4 is 41.3 Å². The molecule has 186 valence electrons. The van der Waals surface area contributed by atoms with Gasteiger partial charge in [0, 0.05) is 23.7 Å². The normalized spacial score (nSPS) is 17.9. The lowest BCUT2D eigenvalue weighted by Gasteiger charge is -2.31. The summed E-state index contributed by atoms with van der Waals surface area (Å²) in [5.41, 5.74) is 0.173. The van der Waals surface area contributed by atoms with E-state index in [2.05, 4.69) is 15.6 Å². The highest BCUT2D eigenvalue weighted by molar-refractivity contribution is 8.14. The van der Waals surface area contributed by atoms with Crippen molar-refractivity contribution < 1.29 is 32.2 Å². The van der Waals surface area contributed by atoms with Gasteiger partial charge in [0.15, 0.2) is 5.17 Å². The maximum absolute atomic E-state index is 13.4. The van der Waals surface area contributed by atoms with Crippen LogP contribution in [0.4, 0.5) is 13.2 Å². The van der Waals surface area contributed by atoms with Gasteiger partial charge in [-0.3, -0.25) is 4.99 Å². The molecular formula is C22H25ClF3N3O4S. The Morgan fingerprint density at radius 1 is 1.24 bits per heavy atom. The summed E-state index contributed by atoms with van der Waals surface area (Å²) in [6, 6.07) is 4.58. The first kappa shape index (κ1) is 27.6. The van der Waals surface area contributed by atoms with Gasteiger partial charge in [0.2, 0.25) is 0 Å². The zero-order chi connectivity index (χ0) is 24.2. The number of alkyl halides is 3. The molecule has 2 aliphatic heterocycles. The molecule has 0 saturated carbocycles. The topological polar surface area (TPSA) is 89.0 Å². The summed E-state index contributed by atoms with van der Waals surface area (Å²) in [4.78, 5) is 30.1. The number of rotatable bonds is 6. The minimum absolute atomic E-state index is 0. The van der Waals surface area contributed by atoms with E-state index in [1.807, 2.05) is 0 Å². The maximum atomic E-state index is 13.4. The number of amidine groups is 1. The molecule has 1 atom stereocenters. The fourth-order valence-electron chi connectivity index (χ4n) is 3.68. The fourth-order valence-corrected chi connectivity index (χ4v) is 4.58. The van der Waals surface area contributed by atoms with Gasteiger partial charge in [-0.25, -0.2) is 9.59 Å². The molecular weight excluding hydrogens is 495 g/mol. The van der Waals surface area contributed by atoms with Crippen LogP contribution < -0.4 is 10.6 Å². The zero-order valence-electron chi connectivity index (χ0n) is 18.7. The van der Waals surface area contributed by atoms with Crippen LogP contribution in [0, 0.1) is 0 Å². The zero-order valence-corrected chi connectivity index (χ0v) is 20.4. The predicted molar refractivity (Wildman–Crippen MR) is 126 cm³/mol. The van der Waals surface area contributed by atoms with Gasteiger partial charge in [-0.15, -0.1) is 12.4 Å². The van der Waals surface area contributed by atoms with Crippen LogP contribution in [0.25, 0.3) is 0 Å². The van der Waals surface area contributed by atoms with Gasteiger partial charge in [0.25, 0.3) is 0 Å². The minimum Gasteiger partial charge on any atom is -0.466 e. The number of nitrogens with one attached hydrogen (secondary N) is 2.